The van der Waals surface area contributed by atoms with Gasteiger partial charge in [-0.05, 0) is 62.1 Å². The van der Waals surface area contributed by atoms with E-state index in [1.807, 2.05) is 0 Å². The molecule has 4 aromatic rings. The third-order valence-electron chi connectivity index (χ3n) is 11.3. The number of halogens is 6. The Morgan fingerprint density at radius 3 is 2.38 bits per heavy atom. The van der Waals surface area contributed by atoms with E-state index in [4.69, 9.17) is 20.9 Å². The lowest BCUT2D eigenvalue weighted by atomic mass is 9.95. The van der Waals surface area contributed by atoms with Gasteiger partial charge in [0.15, 0.2) is 5.82 Å². The first-order valence-corrected chi connectivity index (χ1v) is 18.3. The molecule has 55 heavy (non-hydrogen) atoms. The number of piperidine rings is 1. The van der Waals surface area contributed by atoms with E-state index in [1.54, 1.807) is 4.90 Å². The number of phenols is 1. The molecular weight excluding hydrogens is 730 g/mol. The highest BCUT2D eigenvalue weighted by molar-refractivity contribution is 6.04. The summed E-state index contributed by atoms with van der Waals surface area (Å²) in [5, 5.41) is 11.2. The molecule has 2 aromatic heterocycles. The van der Waals surface area contributed by atoms with E-state index in [9.17, 15) is 27.5 Å². The van der Waals surface area contributed by atoms with Gasteiger partial charge in [-0.1, -0.05) is 12.0 Å². The third kappa shape index (κ3) is 7.03. The number of aromatic nitrogens is 3. The minimum absolute atomic E-state index is 0.0217. The van der Waals surface area contributed by atoms with Crippen molar-refractivity contribution in [3.05, 3.63) is 41.5 Å². The molecule has 2 aromatic carbocycles. The van der Waals surface area contributed by atoms with Crippen LogP contribution < -0.4 is 14.4 Å². The van der Waals surface area contributed by atoms with Gasteiger partial charge >= 0.3 is 12.2 Å². The predicted octanol–water partition coefficient (Wildman–Crippen LogP) is 6.54. The van der Waals surface area contributed by atoms with Crippen molar-refractivity contribution >= 4 is 33.4 Å². The van der Waals surface area contributed by atoms with Crippen molar-refractivity contribution < 1.29 is 45.7 Å². The van der Waals surface area contributed by atoms with Crippen LogP contribution in [0.15, 0.2) is 24.3 Å². The van der Waals surface area contributed by atoms with Crippen LogP contribution in [-0.4, -0.2) is 107 Å². The Morgan fingerprint density at radius 2 is 1.75 bits per heavy atom. The van der Waals surface area contributed by atoms with Crippen molar-refractivity contribution in [2.45, 2.75) is 69.4 Å². The quantitative estimate of drug-likeness (QED) is 0.150. The average molecular weight is 769 g/mol. The number of ether oxygens (including phenoxy) is 2. The molecular formula is C39H38F6N6O4. The molecule has 16 heteroatoms. The molecule has 1 saturated carbocycles. The lowest BCUT2D eigenvalue weighted by Gasteiger charge is -2.42. The minimum atomic E-state index is -4.66. The van der Waals surface area contributed by atoms with Crippen LogP contribution in [-0.2, 0) is 4.79 Å². The molecule has 1 aliphatic carbocycles. The van der Waals surface area contributed by atoms with E-state index in [2.05, 4.69) is 20.8 Å². The summed E-state index contributed by atoms with van der Waals surface area (Å²) in [5.41, 5.74) is -1.04. The number of fused-ring (bicyclic) bond motifs is 4. The van der Waals surface area contributed by atoms with Gasteiger partial charge < -0.3 is 29.3 Å². The maximum Gasteiger partial charge on any atom is 0.397 e. The number of alkyl halides is 4. The number of amides is 1. The van der Waals surface area contributed by atoms with Gasteiger partial charge in [0.25, 0.3) is 0 Å². The Kier molecular flexibility index (Phi) is 9.34. The van der Waals surface area contributed by atoms with Gasteiger partial charge in [-0.15, -0.1) is 6.42 Å². The molecule has 4 aliphatic rings. The second-order valence-electron chi connectivity index (χ2n) is 15.1. The Hall–Kier alpha value is -5.04. The topological polar surface area (TPSA) is 104 Å². The van der Waals surface area contributed by atoms with Crippen LogP contribution in [0, 0.1) is 29.4 Å². The van der Waals surface area contributed by atoms with Crippen molar-refractivity contribution in [1.82, 2.24) is 24.8 Å². The molecule has 1 N–H and O–H groups in total. The molecule has 2 bridgehead atoms. The van der Waals surface area contributed by atoms with E-state index in [0.29, 0.717) is 50.7 Å². The summed E-state index contributed by atoms with van der Waals surface area (Å²) in [6.45, 7) is 2.33. The van der Waals surface area contributed by atoms with E-state index in [-0.39, 0.29) is 81.7 Å². The van der Waals surface area contributed by atoms with E-state index >= 15 is 8.78 Å². The number of rotatable bonds is 9. The molecule has 4 fully saturated rings. The number of methoxy groups -OCH3 is 1. The summed E-state index contributed by atoms with van der Waals surface area (Å²) >= 11 is 0. The molecule has 3 aliphatic heterocycles. The smallest absolute Gasteiger partial charge is 0.397 e. The third-order valence-corrected chi connectivity index (χ3v) is 11.3. The molecule has 8 rings (SSSR count). The number of aromatic hydroxyl groups is 1. The highest BCUT2D eigenvalue weighted by Crippen LogP contribution is 2.48. The number of hydrogen-bond acceptors (Lipinski definition) is 9. The molecule has 0 spiro atoms. The van der Waals surface area contributed by atoms with Gasteiger partial charge in [0.05, 0.1) is 19.3 Å². The Balaban J connectivity index is 1.23. The SMILES string of the molecule is C#Cc1c(F)ccc2cc(O)cc(-c3nc(OC)c4c(N5CC6CCC(C5)N6C(=O)CC(F)(F)F)nc(OCC5(CN6CCC(F)CC6)CC5)nc4c3F)c12. The number of phenolic OH excluding ortho intramolecular Hbond substituents is 1. The summed E-state index contributed by atoms with van der Waals surface area (Å²) in [6, 6.07) is 3.83. The van der Waals surface area contributed by atoms with Crippen molar-refractivity contribution in [1.29, 1.82) is 0 Å². The number of carbonyl (C=O) groups is 1. The molecule has 290 valence electrons. The number of likely N-dealkylation sites (tertiary alicyclic amines) is 1. The van der Waals surface area contributed by atoms with Crippen molar-refractivity contribution in [3.63, 3.8) is 0 Å². The number of carbonyl (C=O) groups excluding carboxylic acids is 1. The fourth-order valence-electron chi connectivity index (χ4n) is 8.50. The molecule has 10 nitrogen and oxygen atoms in total. The molecule has 3 saturated heterocycles. The van der Waals surface area contributed by atoms with Crippen LogP contribution in [0.2, 0.25) is 0 Å². The number of hydrogen-bond donors (Lipinski definition) is 1. The van der Waals surface area contributed by atoms with Gasteiger partial charge in [0.2, 0.25) is 11.8 Å². The molecule has 5 heterocycles. The second kappa shape index (κ2) is 13.9. The molecule has 0 radical (unpaired) electrons. The number of nitrogens with zero attached hydrogens (tertiary/aromatic N) is 6. The van der Waals surface area contributed by atoms with E-state index in [1.165, 1.54) is 30.2 Å². The van der Waals surface area contributed by atoms with Gasteiger partial charge in [0, 0.05) is 61.2 Å². The maximum absolute atomic E-state index is 17.2. The summed E-state index contributed by atoms with van der Waals surface area (Å²) in [7, 11) is 1.31. The van der Waals surface area contributed by atoms with Gasteiger partial charge in [-0.25, -0.2) is 18.2 Å². The fourth-order valence-corrected chi connectivity index (χ4v) is 8.50. The summed E-state index contributed by atoms with van der Waals surface area (Å²) in [5.74, 6) is -0.623. The van der Waals surface area contributed by atoms with Gasteiger partial charge in [-0.2, -0.15) is 23.1 Å². The highest BCUT2D eigenvalue weighted by atomic mass is 19.4. The zero-order valence-electron chi connectivity index (χ0n) is 29.9. The molecule has 1 amide bonds. The standard InChI is InChI=1S/C39H38F6N6O4/c1-3-26-28(41)7-4-21-14-25(52)15-27(30(21)26)33-32(42)34-31(36(46-33)54-2)35(50-17-23-5-6-24(18-50)51(23)29(53)16-39(43,44)45)48-37(47-34)55-20-38(10-11-38)19-49-12-8-22(40)9-13-49/h1,4,7,14-15,22-24,52H,5-6,8-13,16-20H2,2H3. The van der Waals surface area contributed by atoms with Crippen molar-refractivity contribution in [2.75, 3.05) is 51.3 Å². The largest absolute Gasteiger partial charge is 0.508 e. The minimum Gasteiger partial charge on any atom is -0.508 e. The van der Waals surface area contributed by atoms with Crippen LogP contribution in [0.1, 0.15) is 50.5 Å². The molecule has 2 atom stereocenters. The van der Waals surface area contributed by atoms with E-state index in [0.717, 1.165) is 18.9 Å². The van der Waals surface area contributed by atoms with Crippen LogP contribution in [0.4, 0.5) is 32.2 Å². The van der Waals surface area contributed by atoms with Crippen LogP contribution in [0.3, 0.4) is 0 Å². The fraction of sp³-hybridized carbons (Fsp3) is 0.487. The first-order valence-electron chi connectivity index (χ1n) is 18.3. The number of terminal acetylenes is 1. The number of benzene rings is 2. The van der Waals surface area contributed by atoms with Gasteiger partial charge in [0.1, 0.15) is 46.6 Å². The first-order chi connectivity index (χ1) is 26.3. The normalized spacial score (nSPS) is 21.3. The highest BCUT2D eigenvalue weighted by Gasteiger charge is 2.47. The Morgan fingerprint density at radius 1 is 1.04 bits per heavy atom. The van der Waals surface area contributed by atoms with Gasteiger partial charge in [-0.3, -0.25) is 4.79 Å². The average Bonchev–Trinajstić information content (AvgIpc) is 3.86. The lowest BCUT2D eigenvalue weighted by Crippen LogP contribution is -2.56. The predicted molar refractivity (Wildman–Crippen MR) is 191 cm³/mol. The second-order valence-corrected chi connectivity index (χ2v) is 15.1. The van der Waals surface area contributed by atoms with Crippen LogP contribution in [0.5, 0.6) is 17.6 Å². The number of pyridine rings is 1. The zero-order chi connectivity index (χ0) is 38.8. The van der Waals surface area contributed by atoms with E-state index < -0.39 is 48.4 Å². The van der Waals surface area contributed by atoms with Crippen LogP contribution in [0.25, 0.3) is 32.9 Å². The van der Waals surface area contributed by atoms with Crippen LogP contribution >= 0.6 is 0 Å². The Bertz CT molecular complexity index is 2200. The number of anilines is 1. The zero-order valence-corrected chi connectivity index (χ0v) is 29.9. The lowest BCUT2D eigenvalue weighted by molar-refractivity contribution is -0.163. The molecule has 2 unspecified atom stereocenters. The maximum atomic E-state index is 17.2. The monoisotopic (exact) mass is 768 g/mol. The van der Waals surface area contributed by atoms with Crippen molar-refractivity contribution in [2.24, 2.45) is 5.41 Å². The summed E-state index contributed by atoms with van der Waals surface area (Å²) in [6.07, 6.45) is 2.23. The first kappa shape index (κ1) is 36.9. The van der Waals surface area contributed by atoms with Crippen molar-refractivity contribution in [3.8, 4) is 41.2 Å². The summed E-state index contributed by atoms with van der Waals surface area (Å²) in [4.78, 5) is 31.9. The Labute approximate surface area is 312 Å². The summed E-state index contributed by atoms with van der Waals surface area (Å²) < 4.78 is 97.8. The number of piperazine rings is 1.